The highest BCUT2D eigenvalue weighted by molar-refractivity contribution is 14.1. The number of hydrogen-bond acceptors (Lipinski definition) is 8. The van der Waals surface area contributed by atoms with Crippen LogP contribution in [0.15, 0.2) is 62.4 Å². The number of carbonyl (C=O) groups excluding carboxylic acids is 2. The summed E-state index contributed by atoms with van der Waals surface area (Å²) in [6.07, 6.45) is 3.70. The second-order valence-electron chi connectivity index (χ2n) is 7.98. The van der Waals surface area contributed by atoms with Gasteiger partial charge in [0.1, 0.15) is 0 Å². The molecular weight excluding hydrogens is 738 g/mol. The van der Waals surface area contributed by atoms with Gasteiger partial charge in [-0.15, -0.1) is 11.8 Å². The molecule has 1 atom stereocenters. The maximum absolute atomic E-state index is 13.9. The highest BCUT2D eigenvalue weighted by Crippen LogP contribution is 2.32. The van der Waals surface area contributed by atoms with Crippen molar-refractivity contribution < 1.29 is 19.1 Å². The first-order valence-electron chi connectivity index (χ1n) is 11.2. The Morgan fingerprint density at radius 3 is 2.54 bits per heavy atom. The van der Waals surface area contributed by atoms with Crippen LogP contribution in [-0.4, -0.2) is 29.4 Å². The van der Waals surface area contributed by atoms with E-state index in [2.05, 4.69) is 50.2 Å². The standard InChI is InChI=1S/C26H22I2N2O5S2/c1-5-34-25(33)21-13(2)29-26-30(22(21)15-6-8-18(36-4)9-7-15)24(32)20(37-26)11-16-10-17(27)12-19(28)23(16)35-14(3)31/h6-12,22H,5H2,1-4H3/b20-11-/t22-/m1/s1. The number of benzene rings is 2. The molecule has 1 aliphatic rings. The van der Waals surface area contributed by atoms with Crippen LogP contribution >= 0.6 is 68.3 Å². The van der Waals surface area contributed by atoms with Crippen molar-refractivity contribution in [3.63, 3.8) is 0 Å². The third kappa shape index (κ3) is 5.88. The van der Waals surface area contributed by atoms with E-state index in [0.29, 0.717) is 31.9 Å². The largest absolute Gasteiger partial charge is 0.463 e. The van der Waals surface area contributed by atoms with Gasteiger partial charge in [0.2, 0.25) is 0 Å². The molecule has 3 aromatic rings. The van der Waals surface area contributed by atoms with Crippen molar-refractivity contribution in [3.05, 3.63) is 85.6 Å². The highest BCUT2D eigenvalue weighted by atomic mass is 127. The molecule has 0 spiro atoms. The SMILES string of the molecule is CCOC(=O)C1=C(C)N=c2s/c(=C\c3cc(I)cc(I)c3OC(C)=O)c(=O)n2[C@@H]1c1ccc(SC)cc1. The summed E-state index contributed by atoms with van der Waals surface area (Å²) < 4.78 is 14.5. The van der Waals surface area contributed by atoms with E-state index in [-0.39, 0.29) is 12.2 Å². The van der Waals surface area contributed by atoms with Gasteiger partial charge in [-0.3, -0.25) is 14.2 Å². The first kappa shape index (κ1) is 28.0. The smallest absolute Gasteiger partial charge is 0.338 e. The van der Waals surface area contributed by atoms with Gasteiger partial charge in [-0.05, 0) is 101 Å². The number of fused-ring (bicyclic) bond motifs is 1. The van der Waals surface area contributed by atoms with Crippen molar-refractivity contribution in [2.45, 2.75) is 31.7 Å². The second kappa shape index (κ2) is 11.8. The summed E-state index contributed by atoms with van der Waals surface area (Å²) in [5.41, 5.74) is 1.95. The van der Waals surface area contributed by atoms with Crippen LogP contribution in [0.5, 0.6) is 5.75 Å². The Labute approximate surface area is 248 Å². The van der Waals surface area contributed by atoms with Gasteiger partial charge >= 0.3 is 11.9 Å². The Bertz CT molecular complexity index is 1610. The van der Waals surface area contributed by atoms with Crippen molar-refractivity contribution in [2.24, 2.45) is 4.99 Å². The van der Waals surface area contributed by atoms with E-state index in [4.69, 9.17) is 9.47 Å². The van der Waals surface area contributed by atoms with Gasteiger partial charge in [-0.25, -0.2) is 9.79 Å². The van der Waals surface area contributed by atoms with E-state index in [1.54, 1.807) is 36.3 Å². The molecule has 192 valence electrons. The van der Waals surface area contributed by atoms with Crippen molar-refractivity contribution in [1.29, 1.82) is 0 Å². The van der Waals surface area contributed by atoms with E-state index in [1.807, 2.05) is 42.7 Å². The topological polar surface area (TPSA) is 87.0 Å². The van der Waals surface area contributed by atoms with E-state index in [0.717, 1.165) is 17.6 Å². The molecule has 0 fully saturated rings. The molecular formula is C26H22I2N2O5S2. The third-order valence-corrected chi connectivity index (χ3v) is 8.67. The van der Waals surface area contributed by atoms with E-state index < -0.39 is 18.0 Å². The Morgan fingerprint density at radius 2 is 1.92 bits per heavy atom. The van der Waals surface area contributed by atoms with E-state index >= 15 is 0 Å². The zero-order chi connectivity index (χ0) is 26.9. The van der Waals surface area contributed by atoms with Gasteiger partial charge in [0, 0.05) is 21.0 Å². The third-order valence-electron chi connectivity index (χ3n) is 5.52. The van der Waals surface area contributed by atoms with Crippen LogP contribution in [0.2, 0.25) is 0 Å². The Balaban J connectivity index is 1.97. The summed E-state index contributed by atoms with van der Waals surface area (Å²) in [6.45, 7) is 5.05. The molecule has 0 saturated carbocycles. The minimum Gasteiger partial charge on any atom is -0.463 e. The van der Waals surface area contributed by atoms with Crippen LogP contribution < -0.4 is 19.6 Å². The lowest BCUT2D eigenvalue weighted by Crippen LogP contribution is -2.39. The number of carbonyl (C=O) groups is 2. The minimum absolute atomic E-state index is 0.211. The van der Waals surface area contributed by atoms with Crippen molar-refractivity contribution in [1.82, 2.24) is 4.57 Å². The maximum atomic E-state index is 13.9. The van der Waals surface area contributed by atoms with E-state index in [1.165, 1.54) is 18.3 Å². The molecule has 0 aliphatic carbocycles. The zero-order valence-electron chi connectivity index (χ0n) is 20.3. The minimum atomic E-state index is -0.683. The first-order chi connectivity index (χ1) is 17.6. The van der Waals surface area contributed by atoms with Crippen LogP contribution in [-0.2, 0) is 14.3 Å². The molecule has 11 heteroatoms. The van der Waals surface area contributed by atoms with Crippen LogP contribution in [0, 0.1) is 7.14 Å². The molecule has 1 aromatic heterocycles. The van der Waals surface area contributed by atoms with Crippen LogP contribution in [0.25, 0.3) is 6.08 Å². The second-order valence-corrected chi connectivity index (χ2v) is 12.3. The first-order valence-corrected chi connectivity index (χ1v) is 15.4. The Kier molecular flexibility index (Phi) is 8.96. The normalized spacial score (nSPS) is 15.3. The fraction of sp³-hybridized carbons (Fsp3) is 0.231. The number of esters is 2. The molecule has 0 unspecified atom stereocenters. The molecule has 4 rings (SSSR count). The predicted octanol–water partition coefficient (Wildman–Crippen LogP) is 4.65. The van der Waals surface area contributed by atoms with Gasteiger partial charge in [0.05, 0.1) is 32.0 Å². The van der Waals surface area contributed by atoms with Gasteiger partial charge in [0.25, 0.3) is 5.56 Å². The van der Waals surface area contributed by atoms with Gasteiger partial charge in [-0.2, -0.15) is 0 Å². The molecule has 7 nitrogen and oxygen atoms in total. The zero-order valence-corrected chi connectivity index (χ0v) is 26.3. The number of nitrogens with zero attached hydrogens (tertiary/aromatic N) is 2. The number of halogens is 2. The lowest BCUT2D eigenvalue weighted by Gasteiger charge is -2.24. The number of hydrogen-bond donors (Lipinski definition) is 0. The summed E-state index contributed by atoms with van der Waals surface area (Å²) in [6, 6.07) is 10.8. The van der Waals surface area contributed by atoms with Crippen LogP contribution in [0.3, 0.4) is 0 Å². The number of rotatable bonds is 6. The molecule has 0 amide bonds. The van der Waals surface area contributed by atoms with Gasteiger partial charge in [-0.1, -0.05) is 23.5 Å². The summed E-state index contributed by atoms with van der Waals surface area (Å²) >= 11 is 7.13. The highest BCUT2D eigenvalue weighted by Gasteiger charge is 2.33. The average Bonchev–Trinajstić information content (AvgIpc) is 3.14. The molecule has 2 heterocycles. The number of allylic oxidation sites excluding steroid dienone is 1. The molecule has 0 saturated heterocycles. The maximum Gasteiger partial charge on any atom is 0.338 e. The van der Waals surface area contributed by atoms with Gasteiger partial charge in [0.15, 0.2) is 10.6 Å². The lowest BCUT2D eigenvalue weighted by atomic mass is 9.96. The summed E-state index contributed by atoms with van der Waals surface area (Å²) in [5.74, 6) is -0.549. The quantitative estimate of drug-likeness (QED) is 0.158. The molecule has 37 heavy (non-hydrogen) atoms. The van der Waals surface area contributed by atoms with Gasteiger partial charge < -0.3 is 9.47 Å². The summed E-state index contributed by atoms with van der Waals surface area (Å²) in [7, 11) is 0. The molecule has 0 bridgehead atoms. The monoisotopic (exact) mass is 760 g/mol. The Hall–Kier alpha value is -1.97. The fourth-order valence-electron chi connectivity index (χ4n) is 3.97. The molecule has 0 N–H and O–H groups in total. The Morgan fingerprint density at radius 1 is 1.22 bits per heavy atom. The number of aromatic nitrogens is 1. The molecule has 0 radical (unpaired) electrons. The lowest BCUT2D eigenvalue weighted by molar-refractivity contribution is -0.139. The fourth-order valence-corrected chi connectivity index (χ4v) is 7.42. The number of thiazole rings is 1. The number of ether oxygens (including phenoxy) is 2. The predicted molar refractivity (Wildman–Crippen MR) is 162 cm³/mol. The van der Waals surface area contributed by atoms with Crippen LogP contribution in [0.4, 0.5) is 0 Å². The van der Waals surface area contributed by atoms with Crippen molar-refractivity contribution in [3.8, 4) is 5.75 Å². The van der Waals surface area contributed by atoms with Crippen LogP contribution in [0.1, 0.15) is 37.9 Å². The van der Waals surface area contributed by atoms with Crippen molar-refractivity contribution >= 4 is 86.3 Å². The van der Waals surface area contributed by atoms with E-state index in [9.17, 15) is 14.4 Å². The average molecular weight is 760 g/mol. The number of thioether (sulfide) groups is 1. The molecule has 1 aliphatic heterocycles. The summed E-state index contributed by atoms with van der Waals surface area (Å²) in [4.78, 5) is 44.8. The summed E-state index contributed by atoms with van der Waals surface area (Å²) in [5, 5.41) is 0. The molecule has 2 aromatic carbocycles. The van der Waals surface area contributed by atoms with Crippen molar-refractivity contribution in [2.75, 3.05) is 12.9 Å².